The van der Waals surface area contributed by atoms with E-state index in [1.807, 2.05) is 55.5 Å². The molecule has 0 radical (unpaired) electrons. The number of nitrogens with zero attached hydrogens (tertiary/aromatic N) is 1. The molecule has 0 aliphatic carbocycles. The first-order valence-electron chi connectivity index (χ1n) is 7.49. The molecule has 0 aromatic heterocycles. The number of carbonyl (C=O) groups excluding carboxylic acids is 1. The van der Waals surface area contributed by atoms with Gasteiger partial charge in [-0.15, -0.1) is 0 Å². The molecule has 0 unspecified atom stereocenters. The fourth-order valence-corrected chi connectivity index (χ4v) is 2.29. The van der Waals surface area contributed by atoms with Crippen LogP contribution in [0.3, 0.4) is 0 Å². The van der Waals surface area contributed by atoms with Crippen LogP contribution >= 0.6 is 0 Å². The Morgan fingerprint density at radius 2 is 1.96 bits per heavy atom. The second kappa shape index (κ2) is 8.19. The topological polar surface area (TPSA) is 61.8 Å². The Balaban J connectivity index is 2.13. The Hall–Kier alpha value is -2.53. The van der Waals surface area contributed by atoms with Gasteiger partial charge in [-0.05, 0) is 30.2 Å². The molecule has 2 rings (SSSR count). The van der Waals surface area contributed by atoms with Gasteiger partial charge in [-0.3, -0.25) is 0 Å². The summed E-state index contributed by atoms with van der Waals surface area (Å²) in [6, 6.07) is 15.0. The Morgan fingerprint density at radius 1 is 1.22 bits per heavy atom. The highest BCUT2D eigenvalue weighted by Crippen LogP contribution is 2.25. The zero-order valence-corrected chi connectivity index (χ0v) is 13.5. The van der Waals surface area contributed by atoms with Gasteiger partial charge in [-0.2, -0.15) is 0 Å². The van der Waals surface area contributed by atoms with Crippen molar-refractivity contribution in [2.45, 2.75) is 13.5 Å². The monoisotopic (exact) mass is 314 g/mol. The minimum Gasteiger partial charge on any atom is -0.495 e. The third-order valence-corrected chi connectivity index (χ3v) is 3.47. The maximum Gasteiger partial charge on any atom is 0.322 e. The van der Waals surface area contributed by atoms with Gasteiger partial charge in [0.15, 0.2) is 0 Å². The van der Waals surface area contributed by atoms with Crippen LogP contribution in [0.25, 0.3) is 0 Å². The summed E-state index contributed by atoms with van der Waals surface area (Å²) in [7, 11) is 1.57. The van der Waals surface area contributed by atoms with E-state index in [1.165, 1.54) is 0 Å². The summed E-state index contributed by atoms with van der Waals surface area (Å²) >= 11 is 0. The SMILES string of the molecule is COc1ccc(C)cc1NC(=O)N(CCO)Cc1ccccc1. The van der Waals surface area contributed by atoms with E-state index in [-0.39, 0.29) is 19.2 Å². The molecular weight excluding hydrogens is 292 g/mol. The van der Waals surface area contributed by atoms with Gasteiger partial charge >= 0.3 is 6.03 Å². The van der Waals surface area contributed by atoms with E-state index in [4.69, 9.17) is 4.74 Å². The molecule has 2 amide bonds. The first kappa shape index (κ1) is 16.8. The summed E-state index contributed by atoms with van der Waals surface area (Å²) in [6.07, 6.45) is 0. The molecule has 2 aromatic rings. The van der Waals surface area contributed by atoms with E-state index in [0.717, 1.165) is 11.1 Å². The zero-order chi connectivity index (χ0) is 16.7. The predicted molar refractivity (Wildman–Crippen MR) is 90.7 cm³/mol. The van der Waals surface area contributed by atoms with Crippen molar-refractivity contribution in [1.29, 1.82) is 0 Å². The highest BCUT2D eigenvalue weighted by molar-refractivity contribution is 5.91. The number of carbonyl (C=O) groups is 1. The normalized spacial score (nSPS) is 10.2. The lowest BCUT2D eigenvalue weighted by Crippen LogP contribution is -2.36. The van der Waals surface area contributed by atoms with Crippen molar-refractivity contribution in [3.63, 3.8) is 0 Å². The van der Waals surface area contributed by atoms with Gasteiger partial charge in [0, 0.05) is 13.1 Å². The fraction of sp³-hybridized carbons (Fsp3) is 0.278. The standard InChI is InChI=1S/C18H22N2O3/c1-14-8-9-17(23-2)16(12-14)19-18(22)20(10-11-21)13-15-6-4-3-5-7-15/h3-9,12,21H,10-11,13H2,1-2H3,(H,19,22). The molecule has 0 saturated heterocycles. The lowest BCUT2D eigenvalue weighted by atomic mass is 10.2. The molecule has 2 aromatic carbocycles. The van der Waals surface area contributed by atoms with Crippen LogP contribution in [0.15, 0.2) is 48.5 Å². The average Bonchev–Trinajstić information content (AvgIpc) is 2.55. The number of benzene rings is 2. The van der Waals surface area contributed by atoms with Gasteiger partial charge in [0.25, 0.3) is 0 Å². The molecule has 5 nitrogen and oxygen atoms in total. The van der Waals surface area contributed by atoms with Crippen LogP contribution in [0, 0.1) is 6.92 Å². The van der Waals surface area contributed by atoms with Crippen molar-refractivity contribution in [3.05, 3.63) is 59.7 Å². The Labute approximate surface area is 136 Å². The average molecular weight is 314 g/mol. The molecule has 0 heterocycles. The molecule has 0 atom stereocenters. The van der Waals surface area contributed by atoms with E-state index >= 15 is 0 Å². The number of rotatable bonds is 6. The van der Waals surface area contributed by atoms with Crippen molar-refractivity contribution < 1.29 is 14.6 Å². The molecule has 23 heavy (non-hydrogen) atoms. The third kappa shape index (κ3) is 4.72. The van der Waals surface area contributed by atoms with Gasteiger partial charge in [0.1, 0.15) is 5.75 Å². The minimum absolute atomic E-state index is 0.0921. The van der Waals surface area contributed by atoms with E-state index < -0.39 is 0 Å². The van der Waals surface area contributed by atoms with Crippen LogP contribution in [0.2, 0.25) is 0 Å². The number of anilines is 1. The summed E-state index contributed by atoms with van der Waals surface area (Å²) in [5.74, 6) is 0.604. The van der Waals surface area contributed by atoms with E-state index in [9.17, 15) is 9.90 Å². The smallest absolute Gasteiger partial charge is 0.322 e. The van der Waals surface area contributed by atoms with E-state index in [0.29, 0.717) is 18.0 Å². The summed E-state index contributed by atoms with van der Waals surface area (Å²) < 4.78 is 5.28. The number of hydrogen-bond acceptors (Lipinski definition) is 3. The fourth-order valence-electron chi connectivity index (χ4n) is 2.29. The number of urea groups is 1. The molecule has 0 bridgehead atoms. The van der Waals surface area contributed by atoms with Crippen LogP contribution in [-0.4, -0.2) is 36.3 Å². The lowest BCUT2D eigenvalue weighted by Gasteiger charge is -2.23. The van der Waals surface area contributed by atoms with E-state index in [2.05, 4.69) is 5.32 Å². The van der Waals surface area contributed by atoms with Crippen LogP contribution in [0.1, 0.15) is 11.1 Å². The van der Waals surface area contributed by atoms with Crippen LogP contribution in [-0.2, 0) is 6.54 Å². The second-order valence-electron chi connectivity index (χ2n) is 5.26. The molecule has 0 fully saturated rings. The highest BCUT2D eigenvalue weighted by Gasteiger charge is 2.15. The summed E-state index contributed by atoms with van der Waals surface area (Å²) in [5.41, 5.74) is 2.65. The number of amides is 2. The third-order valence-electron chi connectivity index (χ3n) is 3.47. The molecule has 0 aliphatic rings. The highest BCUT2D eigenvalue weighted by atomic mass is 16.5. The molecule has 2 N–H and O–H groups in total. The van der Waals surface area contributed by atoms with Crippen LogP contribution in [0.5, 0.6) is 5.75 Å². The van der Waals surface area contributed by atoms with Gasteiger partial charge in [-0.1, -0.05) is 36.4 Å². The number of aliphatic hydroxyl groups excluding tert-OH is 1. The lowest BCUT2D eigenvalue weighted by molar-refractivity contribution is 0.185. The maximum atomic E-state index is 12.5. The van der Waals surface area contributed by atoms with Crippen molar-refractivity contribution in [2.24, 2.45) is 0 Å². The van der Waals surface area contributed by atoms with Crippen molar-refractivity contribution in [3.8, 4) is 5.75 Å². The van der Waals surface area contributed by atoms with Gasteiger partial charge < -0.3 is 20.1 Å². The Bertz CT molecular complexity index is 644. The molecule has 0 aliphatic heterocycles. The number of aryl methyl sites for hydroxylation is 1. The molecule has 122 valence electrons. The minimum atomic E-state index is -0.271. The number of ether oxygens (including phenoxy) is 1. The Kier molecular flexibility index (Phi) is 6.00. The van der Waals surface area contributed by atoms with Crippen molar-refractivity contribution in [2.75, 3.05) is 25.6 Å². The molecule has 5 heteroatoms. The zero-order valence-electron chi connectivity index (χ0n) is 13.5. The first-order chi connectivity index (χ1) is 11.1. The Morgan fingerprint density at radius 3 is 2.61 bits per heavy atom. The summed E-state index contributed by atoms with van der Waals surface area (Å²) in [5, 5.41) is 12.1. The molecular formula is C18H22N2O3. The number of hydrogen-bond donors (Lipinski definition) is 2. The van der Waals surface area contributed by atoms with Crippen molar-refractivity contribution in [1.82, 2.24) is 4.90 Å². The number of methoxy groups -OCH3 is 1. The van der Waals surface area contributed by atoms with Crippen LogP contribution in [0.4, 0.5) is 10.5 Å². The van der Waals surface area contributed by atoms with Gasteiger partial charge in [0.05, 0.1) is 19.4 Å². The predicted octanol–water partition coefficient (Wildman–Crippen LogP) is 3.03. The second-order valence-corrected chi connectivity index (χ2v) is 5.26. The molecule has 0 spiro atoms. The van der Waals surface area contributed by atoms with Gasteiger partial charge in [-0.25, -0.2) is 4.79 Å². The number of nitrogens with one attached hydrogen (secondary N) is 1. The quantitative estimate of drug-likeness (QED) is 0.861. The first-order valence-corrected chi connectivity index (χ1v) is 7.49. The summed E-state index contributed by atoms with van der Waals surface area (Å²) in [4.78, 5) is 14.1. The van der Waals surface area contributed by atoms with Crippen LogP contribution < -0.4 is 10.1 Å². The molecule has 0 saturated carbocycles. The largest absolute Gasteiger partial charge is 0.495 e. The summed E-state index contributed by atoms with van der Waals surface area (Å²) in [6.45, 7) is 2.55. The van der Waals surface area contributed by atoms with E-state index in [1.54, 1.807) is 12.0 Å². The maximum absolute atomic E-state index is 12.5. The number of aliphatic hydroxyl groups is 1. The van der Waals surface area contributed by atoms with Crippen molar-refractivity contribution >= 4 is 11.7 Å². The van der Waals surface area contributed by atoms with Gasteiger partial charge in [0.2, 0.25) is 0 Å².